The summed E-state index contributed by atoms with van der Waals surface area (Å²) in [6, 6.07) is 18.4. The summed E-state index contributed by atoms with van der Waals surface area (Å²) in [4.78, 5) is 2.10. The smallest absolute Gasteiger partial charge is 0.167 e. The fraction of sp³-hybridized carbons (Fsp3) is 0.348. The van der Waals surface area contributed by atoms with Crippen molar-refractivity contribution in [2.75, 3.05) is 39.3 Å². The first-order valence-electron chi connectivity index (χ1n) is 9.76. The number of hydrogen-bond donors (Lipinski definition) is 1. The molecule has 0 atom stereocenters. The molecule has 0 saturated carbocycles. The molecule has 6 nitrogen and oxygen atoms in total. The van der Waals surface area contributed by atoms with Crippen molar-refractivity contribution in [3.63, 3.8) is 0 Å². The number of aromatic nitrogens is 1. The second kappa shape index (κ2) is 8.27. The fourth-order valence-corrected chi connectivity index (χ4v) is 3.45. The number of methoxy groups -OCH3 is 1. The molecular formula is C23H27N3O3. The monoisotopic (exact) mass is 393 g/mol. The fourth-order valence-electron chi connectivity index (χ4n) is 3.45. The Balaban J connectivity index is 1.40. The van der Waals surface area contributed by atoms with Crippen LogP contribution in [0, 0.1) is 0 Å². The van der Waals surface area contributed by atoms with E-state index in [1.54, 1.807) is 7.11 Å². The lowest BCUT2D eigenvalue weighted by atomic mass is 9.90. The van der Waals surface area contributed by atoms with Crippen LogP contribution in [-0.2, 0) is 17.7 Å². The lowest BCUT2D eigenvalue weighted by Crippen LogP contribution is -2.61. The molecule has 3 aromatic rings. The van der Waals surface area contributed by atoms with E-state index in [2.05, 4.69) is 39.6 Å². The van der Waals surface area contributed by atoms with Crippen molar-refractivity contribution in [2.24, 2.45) is 0 Å². The molecule has 0 aliphatic carbocycles. The van der Waals surface area contributed by atoms with Gasteiger partial charge in [-0.1, -0.05) is 17.3 Å². The molecule has 0 amide bonds. The van der Waals surface area contributed by atoms with E-state index < -0.39 is 0 Å². The molecule has 0 unspecified atom stereocenters. The number of rotatable bonds is 8. The van der Waals surface area contributed by atoms with Crippen molar-refractivity contribution in [3.05, 3.63) is 65.9 Å². The lowest BCUT2D eigenvalue weighted by Gasteiger charge is -2.42. The summed E-state index contributed by atoms with van der Waals surface area (Å²) in [5.74, 6) is 1.58. The van der Waals surface area contributed by atoms with Gasteiger partial charge in [-0.05, 0) is 42.0 Å². The third-order valence-electron chi connectivity index (χ3n) is 5.33. The normalized spacial score (nSPS) is 15.0. The Morgan fingerprint density at radius 2 is 1.79 bits per heavy atom. The molecule has 1 fully saturated rings. The minimum Gasteiger partial charge on any atom is -0.497 e. The Bertz CT molecular complexity index is 929. The Kier molecular flexibility index (Phi) is 5.56. The van der Waals surface area contributed by atoms with Crippen molar-refractivity contribution in [2.45, 2.75) is 18.5 Å². The molecule has 2 aromatic carbocycles. The predicted octanol–water partition coefficient (Wildman–Crippen LogP) is 3.52. The van der Waals surface area contributed by atoms with Crippen molar-refractivity contribution in [3.8, 4) is 17.1 Å². The topological polar surface area (TPSA) is 59.8 Å². The number of anilines is 1. The summed E-state index contributed by atoms with van der Waals surface area (Å²) >= 11 is 0. The Morgan fingerprint density at radius 3 is 2.38 bits per heavy atom. The van der Waals surface area contributed by atoms with E-state index in [9.17, 15) is 0 Å². The van der Waals surface area contributed by atoms with Gasteiger partial charge < -0.3 is 24.2 Å². The summed E-state index contributed by atoms with van der Waals surface area (Å²) in [6.07, 6.45) is 0.766. The van der Waals surface area contributed by atoms with Crippen LogP contribution >= 0.6 is 0 Å². The summed E-state index contributed by atoms with van der Waals surface area (Å²) in [7, 11) is 5.75. The maximum absolute atomic E-state index is 5.57. The maximum Gasteiger partial charge on any atom is 0.167 e. The van der Waals surface area contributed by atoms with Crippen LogP contribution in [0.25, 0.3) is 11.3 Å². The van der Waals surface area contributed by atoms with Crippen molar-refractivity contribution in [1.29, 1.82) is 0 Å². The summed E-state index contributed by atoms with van der Waals surface area (Å²) in [6.45, 7) is 2.14. The predicted molar refractivity (Wildman–Crippen MR) is 113 cm³/mol. The zero-order chi connectivity index (χ0) is 20.3. The van der Waals surface area contributed by atoms with Gasteiger partial charge in [-0.15, -0.1) is 0 Å². The van der Waals surface area contributed by atoms with E-state index in [0.717, 1.165) is 35.7 Å². The SMILES string of the molecule is COc1ccc(-c2cc(CC3(NCc4ccc(N(C)C)cc4)COC3)no2)cc1. The van der Waals surface area contributed by atoms with Crippen LogP contribution in [0.2, 0.25) is 0 Å². The van der Waals surface area contributed by atoms with Crippen LogP contribution in [0.5, 0.6) is 5.75 Å². The highest BCUT2D eigenvalue weighted by Gasteiger charge is 2.39. The van der Waals surface area contributed by atoms with Gasteiger partial charge in [0.1, 0.15) is 5.75 Å². The van der Waals surface area contributed by atoms with Crippen LogP contribution in [0.4, 0.5) is 5.69 Å². The zero-order valence-corrected chi connectivity index (χ0v) is 17.1. The average Bonchev–Trinajstić information content (AvgIpc) is 3.18. The van der Waals surface area contributed by atoms with E-state index in [4.69, 9.17) is 14.0 Å². The average molecular weight is 393 g/mol. The summed E-state index contributed by atoms with van der Waals surface area (Å²) in [5, 5.41) is 7.95. The first-order chi connectivity index (χ1) is 14.1. The number of benzene rings is 2. The van der Waals surface area contributed by atoms with Crippen LogP contribution < -0.4 is 15.0 Å². The highest BCUT2D eigenvalue weighted by atomic mass is 16.5. The zero-order valence-electron chi connectivity index (χ0n) is 17.1. The number of nitrogens with zero attached hydrogens (tertiary/aromatic N) is 2. The van der Waals surface area contributed by atoms with E-state index >= 15 is 0 Å². The Hall–Kier alpha value is -2.83. The Labute approximate surface area is 171 Å². The quantitative estimate of drug-likeness (QED) is 0.632. The van der Waals surface area contributed by atoms with Gasteiger partial charge >= 0.3 is 0 Å². The van der Waals surface area contributed by atoms with Crippen LogP contribution in [0.3, 0.4) is 0 Å². The molecule has 152 valence electrons. The largest absolute Gasteiger partial charge is 0.497 e. The standard InChI is InChI=1S/C23H27N3O3/c1-26(2)20-8-4-17(5-9-20)14-24-23(15-28-16-23)13-19-12-22(29-25-19)18-6-10-21(27-3)11-7-18/h4-12,24H,13-16H2,1-3H3. The minimum absolute atomic E-state index is 0.103. The maximum atomic E-state index is 5.57. The van der Waals surface area contributed by atoms with Gasteiger partial charge in [0.05, 0.1) is 31.6 Å². The molecule has 0 spiro atoms. The third kappa shape index (κ3) is 4.44. The van der Waals surface area contributed by atoms with Gasteiger partial charge in [0.15, 0.2) is 5.76 Å². The molecule has 0 bridgehead atoms. The molecule has 1 aliphatic heterocycles. The first kappa shape index (κ1) is 19.5. The molecule has 4 rings (SSSR count). The van der Waals surface area contributed by atoms with Crippen molar-refractivity contribution in [1.82, 2.24) is 10.5 Å². The van der Waals surface area contributed by atoms with E-state index in [1.165, 1.54) is 11.3 Å². The molecular weight excluding hydrogens is 366 g/mol. The molecule has 1 saturated heterocycles. The number of hydrogen-bond acceptors (Lipinski definition) is 6. The van der Waals surface area contributed by atoms with E-state index in [-0.39, 0.29) is 5.54 Å². The van der Waals surface area contributed by atoms with Crippen LogP contribution in [0.1, 0.15) is 11.3 Å². The summed E-state index contributed by atoms with van der Waals surface area (Å²) in [5.41, 5.74) is 4.26. The molecule has 1 aliphatic rings. The molecule has 2 heterocycles. The highest BCUT2D eigenvalue weighted by Crippen LogP contribution is 2.27. The Morgan fingerprint density at radius 1 is 1.07 bits per heavy atom. The van der Waals surface area contributed by atoms with Gasteiger partial charge in [-0.2, -0.15) is 0 Å². The van der Waals surface area contributed by atoms with Gasteiger partial charge in [-0.25, -0.2) is 0 Å². The van der Waals surface area contributed by atoms with E-state index in [0.29, 0.717) is 13.2 Å². The third-order valence-corrected chi connectivity index (χ3v) is 5.33. The first-order valence-corrected chi connectivity index (χ1v) is 9.76. The summed E-state index contributed by atoms with van der Waals surface area (Å²) < 4.78 is 16.3. The van der Waals surface area contributed by atoms with Gasteiger partial charge in [-0.3, -0.25) is 0 Å². The van der Waals surface area contributed by atoms with Crippen LogP contribution in [0.15, 0.2) is 59.1 Å². The lowest BCUT2D eigenvalue weighted by molar-refractivity contribution is -0.0755. The van der Waals surface area contributed by atoms with Crippen LogP contribution in [-0.4, -0.2) is 45.1 Å². The molecule has 0 radical (unpaired) electrons. The second-order valence-electron chi connectivity index (χ2n) is 7.78. The number of nitrogens with one attached hydrogen (secondary N) is 1. The van der Waals surface area contributed by atoms with Gasteiger partial charge in [0.25, 0.3) is 0 Å². The minimum atomic E-state index is -0.103. The molecule has 1 aromatic heterocycles. The second-order valence-corrected chi connectivity index (χ2v) is 7.78. The van der Waals surface area contributed by atoms with Gasteiger partial charge in [0, 0.05) is 44.4 Å². The number of ether oxygens (including phenoxy) is 2. The molecule has 6 heteroatoms. The van der Waals surface area contributed by atoms with E-state index in [1.807, 2.05) is 44.4 Å². The highest BCUT2D eigenvalue weighted by molar-refractivity contribution is 5.58. The van der Waals surface area contributed by atoms with Crippen molar-refractivity contribution < 1.29 is 14.0 Å². The molecule has 1 N–H and O–H groups in total. The molecule has 29 heavy (non-hydrogen) atoms. The van der Waals surface area contributed by atoms with Crippen molar-refractivity contribution >= 4 is 5.69 Å². The van der Waals surface area contributed by atoms with Gasteiger partial charge in [0.2, 0.25) is 0 Å².